The molecule has 0 bridgehead atoms. The number of amides is 1. The van der Waals surface area contributed by atoms with Crippen LogP contribution in [0.1, 0.15) is 28.3 Å². The Labute approximate surface area is 183 Å². The molecule has 0 aromatic heterocycles. The van der Waals surface area contributed by atoms with E-state index >= 15 is 0 Å². The molecule has 1 N–H and O–H groups in total. The predicted octanol–water partition coefficient (Wildman–Crippen LogP) is 5.69. The number of halogens is 1. The Morgan fingerprint density at radius 3 is 2.37 bits per heavy atom. The molecule has 1 saturated heterocycles. The maximum absolute atomic E-state index is 13.1. The first-order chi connectivity index (χ1) is 14.4. The summed E-state index contributed by atoms with van der Waals surface area (Å²) in [4.78, 5) is 27.7. The summed E-state index contributed by atoms with van der Waals surface area (Å²) in [6.45, 7) is 3.79. The molecule has 1 unspecified atom stereocenters. The van der Waals surface area contributed by atoms with Gasteiger partial charge in [-0.2, -0.15) is 0 Å². The average molecular weight is 462 g/mol. The molecular weight excluding hydrogens is 442 g/mol. The second-order valence-electron chi connectivity index (χ2n) is 7.38. The first-order valence-corrected chi connectivity index (χ1v) is 10.4. The summed E-state index contributed by atoms with van der Waals surface area (Å²) < 4.78 is 0.795. The summed E-state index contributed by atoms with van der Waals surface area (Å²) in [7, 11) is 0. The Kier molecular flexibility index (Phi) is 5.31. The van der Waals surface area contributed by atoms with Crippen LogP contribution in [0.4, 0.5) is 5.69 Å². The Hall–Kier alpha value is -3.18. The van der Waals surface area contributed by atoms with Gasteiger partial charge in [-0.05, 0) is 49.2 Å². The Bertz CT molecular complexity index is 1180. The van der Waals surface area contributed by atoms with Crippen molar-refractivity contribution >= 4 is 39.1 Å². The van der Waals surface area contributed by atoms with E-state index in [4.69, 9.17) is 0 Å². The fraction of sp³-hybridized carbons (Fsp3) is 0.120. The zero-order chi connectivity index (χ0) is 21.4. The van der Waals surface area contributed by atoms with Gasteiger partial charge in [0.2, 0.25) is 0 Å². The summed E-state index contributed by atoms with van der Waals surface area (Å²) >= 11 is 3.43. The number of nitrogens with zero attached hydrogens (tertiary/aromatic N) is 1. The van der Waals surface area contributed by atoms with Crippen LogP contribution >= 0.6 is 15.9 Å². The van der Waals surface area contributed by atoms with Crippen molar-refractivity contribution in [3.8, 4) is 0 Å². The largest absolute Gasteiger partial charge is 0.507 e. The lowest BCUT2D eigenvalue weighted by Gasteiger charge is -2.25. The van der Waals surface area contributed by atoms with Crippen LogP contribution in [-0.2, 0) is 9.59 Å². The zero-order valence-electron chi connectivity index (χ0n) is 16.6. The number of anilines is 1. The molecule has 0 spiro atoms. The van der Waals surface area contributed by atoms with Crippen LogP contribution in [0.25, 0.3) is 5.76 Å². The van der Waals surface area contributed by atoms with Gasteiger partial charge < -0.3 is 5.11 Å². The topological polar surface area (TPSA) is 57.6 Å². The summed E-state index contributed by atoms with van der Waals surface area (Å²) in [5.41, 5.74) is 3.78. The first-order valence-electron chi connectivity index (χ1n) is 9.57. The molecule has 1 atom stereocenters. The highest BCUT2D eigenvalue weighted by Gasteiger charge is 2.47. The second kappa shape index (κ2) is 7.92. The Morgan fingerprint density at radius 2 is 1.67 bits per heavy atom. The fourth-order valence-electron chi connectivity index (χ4n) is 3.81. The molecule has 4 rings (SSSR count). The molecular formula is C25H20BrNO3. The standard InChI is InChI=1S/C25H20BrNO3/c1-15-11-12-16(2)20(13-15)23(28)21-22(17-7-4-3-5-8-17)27(25(30)24(21)29)19-10-6-9-18(26)14-19/h3-14,22,28H,1-2H3/b23-21+. The van der Waals surface area contributed by atoms with Gasteiger partial charge in [0, 0.05) is 15.7 Å². The third kappa shape index (κ3) is 3.46. The molecule has 0 radical (unpaired) electrons. The van der Waals surface area contributed by atoms with Gasteiger partial charge in [0.1, 0.15) is 5.76 Å². The molecule has 3 aromatic rings. The monoisotopic (exact) mass is 461 g/mol. The number of aliphatic hydroxyl groups excluding tert-OH is 1. The molecule has 1 aliphatic rings. The summed E-state index contributed by atoms with van der Waals surface area (Å²) in [5.74, 6) is -1.50. The SMILES string of the molecule is Cc1ccc(C)c(/C(O)=C2\C(=O)C(=O)N(c3cccc(Br)c3)C2c2ccccc2)c1. The fourth-order valence-corrected chi connectivity index (χ4v) is 4.20. The van der Waals surface area contributed by atoms with E-state index in [1.807, 2.05) is 74.5 Å². The van der Waals surface area contributed by atoms with Gasteiger partial charge in [0.25, 0.3) is 11.7 Å². The lowest BCUT2D eigenvalue weighted by molar-refractivity contribution is -0.132. The lowest BCUT2D eigenvalue weighted by atomic mass is 9.93. The smallest absolute Gasteiger partial charge is 0.300 e. The average Bonchev–Trinajstić information content (AvgIpc) is 3.01. The zero-order valence-corrected chi connectivity index (χ0v) is 18.2. The van der Waals surface area contributed by atoms with E-state index in [0.717, 1.165) is 21.2 Å². The number of benzene rings is 3. The van der Waals surface area contributed by atoms with Crippen molar-refractivity contribution in [1.29, 1.82) is 0 Å². The van der Waals surface area contributed by atoms with E-state index < -0.39 is 17.7 Å². The van der Waals surface area contributed by atoms with E-state index in [-0.39, 0.29) is 11.3 Å². The number of carbonyl (C=O) groups is 2. The molecule has 150 valence electrons. The second-order valence-corrected chi connectivity index (χ2v) is 8.29. The number of aliphatic hydroxyl groups is 1. The normalized spacial score (nSPS) is 18.1. The van der Waals surface area contributed by atoms with Crippen LogP contribution in [0.15, 0.2) is 82.8 Å². The van der Waals surface area contributed by atoms with Gasteiger partial charge in [0.05, 0.1) is 11.6 Å². The molecule has 30 heavy (non-hydrogen) atoms. The van der Waals surface area contributed by atoms with Crippen molar-refractivity contribution in [3.63, 3.8) is 0 Å². The van der Waals surface area contributed by atoms with E-state index in [1.54, 1.807) is 12.1 Å². The molecule has 1 aliphatic heterocycles. The highest BCUT2D eigenvalue weighted by molar-refractivity contribution is 9.10. The maximum Gasteiger partial charge on any atom is 0.300 e. The van der Waals surface area contributed by atoms with Crippen molar-refractivity contribution in [2.45, 2.75) is 19.9 Å². The van der Waals surface area contributed by atoms with Gasteiger partial charge in [-0.15, -0.1) is 0 Å². The van der Waals surface area contributed by atoms with Gasteiger partial charge in [-0.25, -0.2) is 0 Å². The van der Waals surface area contributed by atoms with Gasteiger partial charge in [0.15, 0.2) is 0 Å². The van der Waals surface area contributed by atoms with Gasteiger partial charge >= 0.3 is 0 Å². The first kappa shape index (κ1) is 20.1. The molecule has 5 heteroatoms. The van der Waals surface area contributed by atoms with Crippen LogP contribution in [0, 0.1) is 13.8 Å². The lowest BCUT2D eigenvalue weighted by Crippen LogP contribution is -2.29. The number of Topliss-reactive ketones (excluding diaryl/α,β-unsaturated/α-hetero) is 1. The molecule has 4 nitrogen and oxygen atoms in total. The van der Waals surface area contributed by atoms with Crippen LogP contribution in [0.3, 0.4) is 0 Å². The maximum atomic E-state index is 13.1. The predicted molar refractivity (Wildman–Crippen MR) is 121 cm³/mol. The third-order valence-electron chi connectivity index (χ3n) is 5.29. The summed E-state index contributed by atoms with van der Waals surface area (Å²) in [5, 5.41) is 11.2. The van der Waals surface area contributed by atoms with Crippen LogP contribution in [0.2, 0.25) is 0 Å². The minimum atomic E-state index is -0.722. The summed E-state index contributed by atoms with van der Waals surface area (Å²) in [6, 6.07) is 21.5. The molecule has 0 aliphatic carbocycles. The molecule has 3 aromatic carbocycles. The highest BCUT2D eigenvalue weighted by Crippen LogP contribution is 2.42. The van der Waals surface area contributed by atoms with Crippen LogP contribution in [-0.4, -0.2) is 16.8 Å². The van der Waals surface area contributed by atoms with Crippen molar-refractivity contribution in [2.24, 2.45) is 0 Å². The molecule has 1 fully saturated rings. The minimum absolute atomic E-state index is 0.0971. The van der Waals surface area contributed by atoms with E-state index in [0.29, 0.717) is 11.3 Å². The third-order valence-corrected chi connectivity index (χ3v) is 5.79. The molecule has 0 saturated carbocycles. The van der Waals surface area contributed by atoms with Crippen molar-refractivity contribution < 1.29 is 14.7 Å². The Morgan fingerprint density at radius 1 is 0.933 bits per heavy atom. The van der Waals surface area contributed by atoms with E-state index in [2.05, 4.69) is 15.9 Å². The Balaban J connectivity index is 1.98. The van der Waals surface area contributed by atoms with E-state index in [9.17, 15) is 14.7 Å². The highest BCUT2D eigenvalue weighted by atomic mass is 79.9. The number of aryl methyl sites for hydroxylation is 2. The number of carbonyl (C=O) groups excluding carboxylic acids is 2. The molecule has 1 amide bonds. The van der Waals surface area contributed by atoms with Gasteiger partial charge in [-0.1, -0.05) is 70.0 Å². The van der Waals surface area contributed by atoms with E-state index in [1.165, 1.54) is 4.90 Å². The van der Waals surface area contributed by atoms with Crippen molar-refractivity contribution in [1.82, 2.24) is 0 Å². The number of rotatable bonds is 3. The number of hydrogen-bond donors (Lipinski definition) is 1. The quantitative estimate of drug-likeness (QED) is 0.309. The molecule has 1 heterocycles. The van der Waals surface area contributed by atoms with Crippen LogP contribution < -0.4 is 4.90 Å². The van der Waals surface area contributed by atoms with Gasteiger partial charge in [-0.3, -0.25) is 14.5 Å². The van der Waals surface area contributed by atoms with Crippen molar-refractivity contribution in [3.05, 3.63) is 105 Å². The van der Waals surface area contributed by atoms with Crippen molar-refractivity contribution in [2.75, 3.05) is 4.90 Å². The van der Waals surface area contributed by atoms with Crippen LogP contribution in [0.5, 0.6) is 0 Å². The number of hydrogen-bond acceptors (Lipinski definition) is 3. The number of ketones is 1. The summed E-state index contributed by atoms with van der Waals surface area (Å²) in [6.07, 6.45) is 0. The minimum Gasteiger partial charge on any atom is -0.507 e.